The van der Waals surface area contributed by atoms with Gasteiger partial charge in [0.05, 0.1) is 7.11 Å². The molecule has 0 heterocycles. The molecule has 27 heavy (non-hydrogen) atoms. The molecule has 1 unspecified atom stereocenters. The van der Waals surface area contributed by atoms with Crippen molar-refractivity contribution in [2.75, 3.05) is 14.2 Å². The third kappa shape index (κ3) is 8.19. The number of para-hydroxylation sites is 1. The summed E-state index contributed by atoms with van der Waals surface area (Å²) in [5.41, 5.74) is 1.03. The molecular formula is C21H32O6. The highest BCUT2D eigenvalue weighted by Crippen LogP contribution is 2.39. The van der Waals surface area contributed by atoms with E-state index in [1.165, 1.54) is 19.6 Å². The summed E-state index contributed by atoms with van der Waals surface area (Å²) in [6.07, 6.45) is 2.22. The number of benzene rings is 2. The van der Waals surface area contributed by atoms with Crippen molar-refractivity contribution in [3.63, 3.8) is 0 Å². The average molecular weight is 380 g/mol. The Labute approximate surface area is 161 Å². The first kappa shape index (κ1) is 24.6. The number of rotatable bonds is 6. The molecule has 1 atom stereocenters. The lowest BCUT2D eigenvalue weighted by molar-refractivity contribution is -0.178. The number of hydrogen-bond acceptors (Lipinski definition) is 6. The van der Waals surface area contributed by atoms with Gasteiger partial charge < -0.3 is 24.9 Å². The highest BCUT2D eigenvalue weighted by Gasteiger charge is 2.12. The van der Waals surface area contributed by atoms with Gasteiger partial charge in [0.2, 0.25) is 5.75 Å². The van der Waals surface area contributed by atoms with E-state index in [1.807, 2.05) is 12.1 Å². The van der Waals surface area contributed by atoms with E-state index in [4.69, 9.17) is 19.6 Å². The minimum atomic E-state index is -0.300. The number of phenols is 2. The summed E-state index contributed by atoms with van der Waals surface area (Å²) in [7, 11) is 2.43. The largest absolute Gasteiger partial charge is 0.504 e. The lowest BCUT2D eigenvalue weighted by Gasteiger charge is -2.14. The second-order valence-corrected chi connectivity index (χ2v) is 5.73. The molecule has 0 fully saturated rings. The number of phenolic OH excluding ortho intramolecular Hbond substituents is 2. The molecule has 0 spiro atoms. The maximum Gasteiger partial charge on any atom is 0.201 e. The van der Waals surface area contributed by atoms with E-state index in [-0.39, 0.29) is 17.2 Å². The van der Waals surface area contributed by atoms with Crippen molar-refractivity contribution in [1.29, 1.82) is 0 Å². The van der Waals surface area contributed by atoms with Crippen LogP contribution < -0.4 is 9.62 Å². The van der Waals surface area contributed by atoms with Crippen LogP contribution in [0.25, 0.3) is 0 Å². The zero-order chi connectivity index (χ0) is 20.8. The molecule has 0 saturated heterocycles. The Morgan fingerprint density at radius 1 is 0.963 bits per heavy atom. The minimum absolute atomic E-state index is 0.171. The third-order valence-electron chi connectivity index (χ3n) is 3.47. The summed E-state index contributed by atoms with van der Waals surface area (Å²) < 4.78 is 5.67. The van der Waals surface area contributed by atoms with E-state index in [2.05, 4.69) is 27.7 Å². The van der Waals surface area contributed by atoms with Crippen molar-refractivity contribution in [2.45, 2.75) is 46.5 Å². The first-order chi connectivity index (χ1) is 13.0. The van der Waals surface area contributed by atoms with Crippen LogP contribution >= 0.6 is 0 Å². The zero-order valence-corrected chi connectivity index (χ0v) is 17.0. The summed E-state index contributed by atoms with van der Waals surface area (Å²) in [6, 6.07) is 9.96. The van der Waals surface area contributed by atoms with Gasteiger partial charge >= 0.3 is 0 Å². The molecular weight excluding hydrogens is 348 g/mol. The fraction of sp³-hybridized carbons (Fsp3) is 0.429. The summed E-state index contributed by atoms with van der Waals surface area (Å²) >= 11 is 0. The lowest BCUT2D eigenvalue weighted by Crippen LogP contribution is -1.97. The minimum Gasteiger partial charge on any atom is -0.504 e. The van der Waals surface area contributed by atoms with Crippen LogP contribution in [-0.4, -0.2) is 29.5 Å². The van der Waals surface area contributed by atoms with Crippen LogP contribution in [0.1, 0.15) is 52.0 Å². The Kier molecular flexibility index (Phi) is 12.5. The fourth-order valence-electron chi connectivity index (χ4n) is 2.04. The van der Waals surface area contributed by atoms with Crippen LogP contribution in [0.15, 0.2) is 36.4 Å². The van der Waals surface area contributed by atoms with E-state index in [0.29, 0.717) is 17.4 Å². The lowest BCUT2D eigenvalue weighted by atomic mass is 9.98. The summed E-state index contributed by atoms with van der Waals surface area (Å²) in [4.78, 5) is 9.78. The third-order valence-corrected chi connectivity index (χ3v) is 3.47. The molecule has 0 aliphatic rings. The molecule has 6 heteroatoms. The van der Waals surface area contributed by atoms with Crippen LogP contribution in [0.4, 0.5) is 0 Å². The smallest absolute Gasteiger partial charge is 0.201 e. The van der Waals surface area contributed by atoms with E-state index in [9.17, 15) is 10.2 Å². The molecule has 3 N–H and O–H groups in total. The highest BCUT2D eigenvalue weighted by atomic mass is 17.2. The average Bonchev–Trinajstić information content (AvgIpc) is 2.67. The standard InChI is InChI=1S/C17H20O5.C3H8.CH4O/c1-4-11(2)12-8-13(10-14(9-12)22-20-3)21-16-7-5-6-15(18)17(16)19;1-3-2;1-2/h5-11,18-19H,4H2,1-3H3;3H2,1-2H3;2H,1H3. The Balaban J connectivity index is 0.00000123. The molecule has 0 radical (unpaired) electrons. The van der Waals surface area contributed by atoms with Crippen molar-refractivity contribution >= 4 is 0 Å². The van der Waals surface area contributed by atoms with Crippen LogP contribution in [0.5, 0.6) is 28.7 Å². The van der Waals surface area contributed by atoms with Gasteiger partial charge in [0.15, 0.2) is 17.2 Å². The van der Waals surface area contributed by atoms with Gasteiger partial charge in [0.1, 0.15) is 5.75 Å². The second-order valence-electron chi connectivity index (χ2n) is 5.73. The number of aromatic hydroxyl groups is 2. The number of aliphatic hydroxyl groups is 1. The van der Waals surface area contributed by atoms with Gasteiger partial charge in [-0.2, -0.15) is 4.89 Å². The molecule has 152 valence electrons. The predicted octanol–water partition coefficient (Wildman–Crippen LogP) is 5.37. The van der Waals surface area contributed by atoms with Gasteiger partial charge in [-0.25, -0.2) is 0 Å². The second kappa shape index (κ2) is 13.7. The summed E-state index contributed by atoms with van der Waals surface area (Å²) in [6.45, 7) is 8.44. The van der Waals surface area contributed by atoms with E-state index >= 15 is 0 Å². The van der Waals surface area contributed by atoms with Crippen molar-refractivity contribution < 1.29 is 29.8 Å². The number of aliphatic hydroxyl groups excluding tert-OH is 1. The predicted molar refractivity (Wildman–Crippen MR) is 107 cm³/mol. The number of hydrogen-bond donors (Lipinski definition) is 3. The maximum atomic E-state index is 9.83. The molecule has 6 nitrogen and oxygen atoms in total. The van der Waals surface area contributed by atoms with Crippen LogP contribution in [0, 0.1) is 0 Å². The fourth-order valence-corrected chi connectivity index (χ4v) is 2.04. The number of ether oxygens (including phenoxy) is 1. The van der Waals surface area contributed by atoms with Crippen molar-refractivity contribution in [3.05, 3.63) is 42.0 Å². The van der Waals surface area contributed by atoms with Crippen LogP contribution in [0.3, 0.4) is 0 Å². The van der Waals surface area contributed by atoms with Crippen molar-refractivity contribution in [1.82, 2.24) is 0 Å². The molecule has 2 rings (SSSR count). The van der Waals surface area contributed by atoms with Crippen molar-refractivity contribution in [3.8, 4) is 28.7 Å². The molecule has 0 aromatic heterocycles. The summed E-state index contributed by atoms with van der Waals surface area (Å²) in [5.74, 6) is 0.959. The van der Waals surface area contributed by atoms with Crippen LogP contribution in [0.2, 0.25) is 0 Å². The monoisotopic (exact) mass is 380 g/mol. The normalized spacial score (nSPS) is 10.6. The first-order valence-electron chi connectivity index (χ1n) is 8.95. The quantitative estimate of drug-likeness (QED) is 0.355. The maximum absolute atomic E-state index is 9.83. The SMILES string of the molecule is CCC.CCC(C)c1cc(OOC)cc(Oc2cccc(O)c2O)c1.CO. The molecule has 2 aromatic carbocycles. The van der Waals surface area contributed by atoms with Gasteiger partial charge in [0, 0.05) is 13.2 Å². The van der Waals surface area contributed by atoms with Gasteiger partial charge in [-0.1, -0.05) is 40.2 Å². The van der Waals surface area contributed by atoms with E-state index in [0.717, 1.165) is 19.1 Å². The molecule has 0 saturated carbocycles. The van der Waals surface area contributed by atoms with Crippen molar-refractivity contribution in [2.24, 2.45) is 0 Å². The van der Waals surface area contributed by atoms with Crippen LogP contribution in [-0.2, 0) is 4.89 Å². The Bertz CT molecular complexity index is 657. The van der Waals surface area contributed by atoms with Gasteiger partial charge in [-0.15, -0.1) is 0 Å². The first-order valence-corrected chi connectivity index (χ1v) is 8.95. The topological polar surface area (TPSA) is 88.4 Å². The van der Waals surface area contributed by atoms with Gasteiger partial charge in [-0.05, 0) is 42.2 Å². The van der Waals surface area contributed by atoms with E-state index in [1.54, 1.807) is 18.2 Å². The zero-order valence-electron chi connectivity index (χ0n) is 17.0. The molecule has 0 aliphatic heterocycles. The molecule has 0 aliphatic carbocycles. The molecule has 0 amide bonds. The molecule has 2 aromatic rings. The van der Waals surface area contributed by atoms with E-state index < -0.39 is 0 Å². The Morgan fingerprint density at radius 2 is 1.56 bits per heavy atom. The molecule has 0 bridgehead atoms. The Hall–Kier alpha value is -2.44. The Morgan fingerprint density at radius 3 is 2.11 bits per heavy atom. The van der Waals surface area contributed by atoms with Gasteiger partial charge in [0.25, 0.3) is 0 Å². The summed E-state index contributed by atoms with van der Waals surface area (Å²) in [5, 5.41) is 26.3. The van der Waals surface area contributed by atoms with Gasteiger partial charge in [-0.3, -0.25) is 0 Å². The highest BCUT2D eigenvalue weighted by molar-refractivity contribution is 5.51.